The van der Waals surface area contributed by atoms with E-state index in [9.17, 15) is 4.39 Å². The van der Waals surface area contributed by atoms with Gasteiger partial charge in [-0.25, -0.2) is 4.39 Å². The molecule has 0 atom stereocenters. The van der Waals surface area contributed by atoms with Crippen molar-refractivity contribution in [1.29, 1.82) is 0 Å². The fourth-order valence-electron chi connectivity index (χ4n) is 1.36. The number of fused-ring (bicyclic) bond motifs is 1. The fraction of sp³-hybridized carbons (Fsp3) is 0.100. The minimum atomic E-state index is -0.269. The van der Waals surface area contributed by atoms with Crippen molar-refractivity contribution in [2.24, 2.45) is 5.73 Å². The summed E-state index contributed by atoms with van der Waals surface area (Å²) in [6.45, 7) is 0.449. The van der Waals surface area contributed by atoms with Crippen LogP contribution < -0.4 is 5.73 Å². The van der Waals surface area contributed by atoms with E-state index in [0.29, 0.717) is 12.1 Å². The van der Waals surface area contributed by atoms with Crippen LogP contribution >= 0.6 is 0 Å². The molecule has 0 unspecified atom stereocenters. The van der Waals surface area contributed by atoms with Crippen LogP contribution in [0.15, 0.2) is 30.5 Å². The molecule has 1 aromatic heterocycles. The largest absolute Gasteiger partial charge is 0.326 e. The van der Waals surface area contributed by atoms with Crippen LogP contribution in [0.25, 0.3) is 10.9 Å². The Bertz CT molecular complexity index is 440. The van der Waals surface area contributed by atoms with Crippen LogP contribution in [0.3, 0.4) is 0 Å². The monoisotopic (exact) mass is 176 g/mol. The Hall–Kier alpha value is -1.48. The Balaban J connectivity index is 2.77. The molecule has 0 fully saturated rings. The predicted molar refractivity (Wildman–Crippen MR) is 49.6 cm³/mol. The standard InChI is InChI=1S/C10H9FN2/c11-8-1-2-9-7(6-12)3-4-13-10(9)5-8/h1-5H,6,12H2. The van der Waals surface area contributed by atoms with E-state index in [1.165, 1.54) is 12.1 Å². The van der Waals surface area contributed by atoms with Crippen LogP contribution in [0.2, 0.25) is 0 Å². The first-order valence-electron chi connectivity index (χ1n) is 4.04. The first-order chi connectivity index (χ1) is 6.31. The van der Waals surface area contributed by atoms with Crippen molar-refractivity contribution in [3.05, 3.63) is 41.8 Å². The highest BCUT2D eigenvalue weighted by atomic mass is 19.1. The van der Waals surface area contributed by atoms with Crippen LogP contribution in [0, 0.1) is 5.82 Å². The number of rotatable bonds is 1. The van der Waals surface area contributed by atoms with Gasteiger partial charge in [0.05, 0.1) is 5.52 Å². The lowest BCUT2D eigenvalue weighted by atomic mass is 10.1. The molecular weight excluding hydrogens is 167 g/mol. The van der Waals surface area contributed by atoms with Gasteiger partial charge in [-0.3, -0.25) is 4.98 Å². The van der Waals surface area contributed by atoms with Gasteiger partial charge in [0.25, 0.3) is 0 Å². The highest BCUT2D eigenvalue weighted by molar-refractivity contribution is 5.81. The number of pyridine rings is 1. The van der Waals surface area contributed by atoms with Gasteiger partial charge < -0.3 is 5.73 Å². The molecule has 0 spiro atoms. The van der Waals surface area contributed by atoms with Crippen molar-refractivity contribution in [3.8, 4) is 0 Å². The van der Waals surface area contributed by atoms with Crippen molar-refractivity contribution in [2.75, 3.05) is 0 Å². The summed E-state index contributed by atoms with van der Waals surface area (Å²) in [6.07, 6.45) is 1.64. The molecule has 3 heteroatoms. The third-order valence-corrected chi connectivity index (χ3v) is 2.01. The summed E-state index contributed by atoms with van der Waals surface area (Å²) in [4.78, 5) is 4.06. The SMILES string of the molecule is NCc1ccnc2cc(F)ccc12. The molecule has 66 valence electrons. The average Bonchev–Trinajstić information content (AvgIpc) is 2.16. The first kappa shape index (κ1) is 8.13. The second kappa shape index (κ2) is 3.11. The molecule has 0 radical (unpaired) electrons. The molecule has 1 heterocycles. The van der Waals surface area contributed by atoms with E-state index in [2.05, 4.69) is 4.98 Å². The number of benzene rings is 1. The van der Waals surface area contributed by atoms with Crippen LogP contribution in [0.4, 0.5) is 4.39 Å². The van der Waals surface area contributed by atoms with Gasteiger partial charge in [0.15, 0.2) is 0 Å². The zero-order valence-corrected chi connectivity index (χ0v) is 7.00. The van der Waals surface area contributed by atoms with Crippen molar-refractivity contribution in [2.45, 2.75) is 6.54 Å². The van der Waals surface area contributed by atoms with E-state index in [1.807, 2.05) is 6.07 Å². The zero-order chi connectivity index (χ0) is 9.26. The van der Waals surface area contributed by atoms with E-state index >= 15 is 0 Å². The van der Waals surface area contributed by atoms with Gasteiger partial charge in [-0.1, -0.05) is 0 Å². The molecule has 0 bridgehead atoms. The smallest absolute Gasteiger partial charge is 0.125 e. The van der Waals surface area contributed by atoms with E-state index < -0.39 is 0 Å². The number of aromatic nitrogens is 1. The molecule has 0 amide bonds. The van der Waals surface area contributed by atoms with Crippen molar-refractivity contribution >= 4 is 10.9 Å². The van der Waals surface area contributed by atoms with Crippen LogP contribution in [0.1, 0.15) is 5.56 Å². The lowest BCUT2D eigenvalue weighted by Gasteiger charge is -2.02. The molecule has 0 aliphatic carbocycles. The van der Waals surface area contributed by atoms with Gasteiger partial charge in [0.2, 0.25) is 0 Å². The van der Waals surface area contributed by atoms with Crippen molar-refractivity contribution in [3.63, 3.8) is 0 Å². The molecule has 0 saturated heterocycles. The van der Waals surface area contributed by atoms with Crippen molar-refractivity contribution in [1.82, 2.24) is 4.98 Å². The molecule has 0 aliphatic heterocycles. The minimum Gasteiger partial charge on any atom is -0.326 e. The summed E-state index contributed by atoms with van der Waals surface area (Å²) >= 11 is 0. The van der Waals surface area contributed by atoms with E-state index in [0.717, 1.165) is 10.9 Å². The van der Waals surface area contributed by atoms with Crippen LogP contribution in [-0.2, 0) is 6.54 Å². The molecule has 0 saturated carbocycles. The third kappa shape index (κ3) is 1.38. The second-order valence-corrected chi connectivity index (χ2v) is 2.84. The van der Waals surface area contributed by atoms with Crippen LogP contribution in [-0.4, -0.2) is 4.98 Å². The lowest BCUT2D eigenvalue weighted by molar-refractivity contribution is 0.629. The molecule has 0 aliphatic rings. The zero-order valence-electron chi connectivity index (χ0n) is 7.00. The first-order valence-corrected chi connectivity index (χ1v) is 4.04. The Labute approximate surface area is 75.2 Å². The third-order valence-electron chi connectivity index (χ3n) is 2.01. The molecule has 2 rings (SSSR count). The van der Waals surface area contributed by atoms with Gasteiger partial charge in [-0.15, -0.1) is 0 Å². The summed E-state index contributed by atoms with van der Waals surface area (Å²) in [7, 11) is 0. The highest BCUT2D eigenvalue weighted by Crippen LogP contribution is 2.16. The molecule has 2 N–H and O–H groups in total. The van der Waals surface area contributed by atoms with Gasteiger partial charge in [0.1, 0.15) is 5.82 Å². The number of hydrogen-bond acceptors (Lipinski definition) is 2. The van der Waals surface area contributed by atoms with Crippen LogP contribution in [0.5, 0.6) is 0 Å². The Kier molecular flexibility index (Phi) is 1.94. The maximum Gasteiger partial charge on any atom is 0.125 e. The maximum absolute atomic E-state index is 12.8. The minimum absolute atomic E-state index is 0.269. The van der Waals surface area contributed by atoms with E-state index in [4.69, 9.17) is 5.73 Å². The van der Waals surface area contributed by atoms with Crippen molar-refractivity contribution < 1.29 is 4.39 Å². The molecule has 1 aromatic carbocycles. The highest BCUT2D eigenvalue weighted by Gasteiger charge is 2.00. The topological polar surface area (TPSA) is 38.9 Å². The van der Waals surface area contributed by atoms with Gasteiger partial charge in [-0.2, -0.15) is 0 Å². The Morgan fingerprint density at radius 1 is 1.31 bits per heavy atom. The van der Waals surface area contributed by atoms with E-state index in [-0.39, 0.29) is 5.82 Å². The normalized spacial score (nSPS) is 10.6. The number of nitrogens with two attached hydrogens (primary N) is 1. The average molecular weight is 176 g/mol. The molecular formula is C10H9FN2. The second-order valence-electron chi connectivity index (χ2n) is 2.84. The summed E-state index contributed by atoms with van der Waals surface area (Å²) in [6, 6.07) is 6.39. The fourth-order valence-corrected chi connectivity index (χ4v) is 1.36. The summed E-state index contributed by atoms with van der Waals surface area (Å²) in [5.74, 6) is -0.269. The Morgan fingerprint density at radius 2 is 2.15 bits per heavy atom. The number of halogens is 1. The van der Waals surface area contributed by atoms with E-state index in [1.54, 1.807) is 12.3 Å². The molecule has 13 heavy (non-hydrogen) atoms. The Morgan fingerprint density at radius 3 is 2.92 bits per heavy atom. The van der Waals surface area contributed by atoms with Gasteiger partial charge in [-0.05, 0) is 23.8 Å². The molecule has 2 aromatic rings. The molecule has 2 nitrogen and oxygen atoms in total. The lowest BCUT2D eigenvalue weighted by Crippen LogP contribution is -1.97. The quantitative estimate of drug-likeness (QED) is 0.720. The van der Waals surface area contributed by atoms with Gasteiger partial charge >= 0.3 is 0 Å². The summed E-state index contributed by atoms with van der Waals surface area (Å²) in [5, 5.41) is 0.923. The predicted octanol–water partition coefficient (Wildman–Crippen LogP) is 1.83. The summed E-state index contributed by atoms with van der Waals surface area (Å²) < 4.78 is 12.8. The number of nitrogens with zero attached hydrogens (tertiary/aromatic N) is 1. The van der Waals surface area contributed by atoms with Gasteiger partial charge in [0, 0.05) is 24.2 Å². The summed E-state index contributed by atoms with van der Waals surface area (Å²) in [5.41, 5.74) is 7.18. The maximum atomic E-state index is 12.8. The number of hydrogen-bond donors (Lipinski definition) is 1.